The fourth-order valence-electron chi connectivity index (χ4n) is 3.90. The second-order valence-corrected chi connectivity index (χ2v) is 46.5. The van der Waals surface area contributed by atoms with Gasteiger partial charge in [-0.3, -0.25) is 0 Å². The maximum atomic E-state index is 2.65. The van der Waals surface area contributed by atoms with E-state index in [4.69, 9.17) is 0 Å². The van der Waals surface area contributed by atoms with E-state index in [2.05, 4.69) is 135 Å². The largest absolute Gasteiger partial charge is 3.00 e. The molecule has 168 valence electrons. The molecule has 0 aliphatic carbocycles. The number of hydrogen-bond donors (Lipinski definition) is 0. The van der Waals surface area contributed by atoms with Gasteiger partial charge in [-0.15, -0.1) is 48.4 Å². The van der Waals surface area contributed by atoms with Gasteiger partial charge in [0.1, 0.15) is 0 Å². The monoisotopic (exact) mass is 616 g/mol. The summed E-state index contributed by atoms with van der Waals surface area (Å²) in [5.41, 5.74) is 7.96. The van der Waals surface area contributed by atoms with Crippen LogP contribution in [0, 0.1) is 52.6 Å². The molecule has 28 heavy (non-hydrogen) atoms. The van der Waals surface area contributed by atoms with E-state index in [0.717, 1.165) is 0 Å². The molecule has 0 fully saturated rings. The zero-order valence-corrected chi connectivity index (χ0v) is 32.9. The standard InChI is InChI=1S/3C7H19Si2.La/c3*1-8(2,3)7-9(4,5)6;/h3*7H,1-6H3;/q3*-1;+3. The second-order valence-electron chi connectivity index (χ2n) is 14.6. The Morgan fingerprint density at radius 1 is 0.250 bits per heavy atom. The SMILES string of the molecule is C[Si](C)(C)[CH-][Si](C)(C)C.C[Si](C)(C)[CH-][Si](C)(C)C.C[Si](C)(C)[CH-][Si](C)(C)C.[La+3]. The molecule has 0 nitrogen and oxygen atoms in total. The first-order chi connectivity index (χ1) is 11.1. The van der Waals surface area contributed by atoms with E-state index >= 15 is 0 Å². The van der Waals surface area contributed by atoms with E-state index in [1.165, 1.54) is 0 Å². The van der Waals surface area contributed by atoms with Gasteiger partial charge in [0.2, 0.25) is 0 Å². The molecule has 0 bridgehead atoms. The van der Waals surface area contributed by atoms with Crippen LogP contribution in [-0.4, -0.2) is 48.4 Å². The van der Waals surface area contributed by atoms with Crippen molar-refractivity contribution in [1.82, 2.24) is 0 Å². The van der Waals surface area contributed by atoms with Gasteiger partial charge < -0.3 is 17.0 Å². The van der Waals surface area contributed by atoms with Crippen molar-refractivity contribution in [3.05, 3.63) is 17.0 Å². The Morgan fingerprint density at radius 3 is 0.321 bits per heavy atom. The Labute approximate surface area is 216 Å². The molecule has 0 heterocycles. The van der Waals surface area contributed by atoms with Gasteiger partial charge in [-0.1, -0.05) is 118 Å². The van der Waals surface area contributed by atoms with Crippen molar-refractivity contribution in [1.29, 1.82) is 0 Å². The first-order valence-electron chi connectivity index (χ1n) is 10.7. The van der Waals surface area contributed by atoms with Gasteiger partial charge in [-0.25, -0.2) is 0 Å². The average Bonchev–Trinajstić information content (AvgIpc) is 1.96. The summed E-state index contributed by atoms with van der Waals surface area (Å²) in [4.78, 5) is 0. The van der Waals surface area contributed by atoms with Crippen LogP contribution in [0.15, 0.2) is 0 Å². The molecule has 0 spiro atoms. The molecule has 0 rings (SSSR count). The van der Waals surface area contributed by atoms with Crippen molar-refractivity contribution in [3.63, 3.8) is 0 Å². The van der Waals surface area contributed by atoms with Crippen LogP contribution in [0.25, 0.3) is 0 Å². The number of rotatable bonds is 6. The van der Waals surface area contributed by atoms with Crippen molar-refractivity contribution in [3.8, 4) is 0 Å². The zero-order valence-electron chi connectivity index (χ0n) is 23.3. The van der Waals surface area contributed by atoms with E-state index in [1.807, 2.05) is 0 Å². The minimum atomic E-state index is -0.856. The molecular weight excluding hydrogens is 560 g/mol. The van der Waals surface area contributed by atoms with Crippen LogP contribution < -0.4 is 0 Å². The minimum absolute atomic E-state index is 0. The predicted molar refractivity (Wildman–Crippen MR) is 153 cm³/mol. The maximum absolute atomic E-state index is 2.65. The number of hydrogen-bond acceptors (Lipinski definition) is 0. The molecule has 0 radical (unpaired) electrons. The van der Waals surface area contributed by atoms with Crippen molar-refractivity contribution in [2.24, 2.45) is 0 Å². The molecule has 0 aliphatic heterocycles. The minimum Gasteiger partial charge on any atom is -0.327 e. The summed E-state index contributed by atoms with van der Waals surface area (Å²) in [5, 5.41) is 0. The zero-order chi connectivity index (χ0) is 23.1. The van der Waals surface area contributed by atoms with Gasteiger partial charge in [-0.05, 0) is 0 Å². The van der Waals surface area contributed by atoms with Gasteiger partial charge in [0.05, 0.1) is 0 Å². The Balaban J connectivity index is -0.000000152. The van der Waals surface area contributed by atoms with Crippen LogP contribution in [0.2, 0.25) is 118 Å². The first-order valence-corrected chi connectivity index (χ1v) is 32.2. The van der Waals surface area contributed by atoms with Crippen LogP contribution in [0.3, 0.4) is 0 Å². The third kappa shape index (κ3) is 51.3. The Morgan fingerprint density at radius 2 is 0.321 bits per heavy atom. The van der Waals surface area contributed by atoms with Crippen molar-refractivity contribution >= 4 is 48.4 Å². The third-order valence-corrected chi connectivity index (χ3v) is 23.4. The summed E-state index contributed by atoms with van der Waals surface area (Å²) in [6, 6.07) is 0. The second kappa shape index (κ2) is 13.9. The van der Waals surface area contributed by atoms with Gasteiger partial charge >= 0.3 is 35.6 Å². The van der Waals surface area contributed by atoms with Crippen molar-refractivity contribution in [2.75, 3.05) is 0 Å². The molecule has 0 saturated heterocycles. The summed E-state index contributed by atoms with van der Waals surface area (Å²) in [5.74, 6) is 0. The molecule has 7 heteroatoms. The summed E-state index contributed by atoms with van der Waals surface area (Å²) in [6.45, 7) is 43.3. The Bertz CT molecular complexity index is 284. The molecule has 0 atom stereocenters. The van der Waals surface area contributed by atoms with Gasteiger partial charge in [-0.2, -0.15) is 0 Å². The summed E-state index contributed by atoms with van der Waals surface area (Å²) in [6.07, 6.45) is 0. The Kier molecular flexibility index (Phi) is 18.8. The molecule has 0 saturated carbocycles. The molecule has 0 aromatic carbocycles. The molecule has 0 unspecified atom stereocenters. The van der Waals surface area contributed by atoms with Gasteiger partial charge in [0.15, 0.2) is 0 Å². The molecule has 0 aromatic heterocycles. The predicted octanol–water partition coefficient (Wildman–Crippen LogP) is 8.84. The van der Waals surface area contributed by atoms with Crippen LogP contribution in [0.5, 0.6) is 0 Å². The quantitative estimate of drug-likeness (QED) is 0.207. The Hall–Kier alpha value is 2.50. The fourth-order valence-corrected chi connectivity index (χ4v) is 35.1. The van der Waals surface area contributed by atoms with E-state index in [1.54, 1.807) is 0 Å². The van der Waals surface area contributed by atoms with Crippen LogP contribution in [0.4, 0.5) is 0 Å². The van der Waals surface area contributed by atoms with Crippen molar-refractivity contribution < 1.29 is 35.6 Å². The molecule has 0 aliphatic rings. The normalized spacial score (nSPS) is 13.5. The maximum Gasteiger partial charge on any atom is 3.00 e. The average molecular weight is 617 g/mol. The first kappa shape index (κ1) is 37.8. The van der Waals surface area contributed by atoms with Crippen LogP contribution in [-0.2, 0) is 0 Å². The van der Waals surface area contributed by atoms with E-state index in [9.17, 15) is 0 Å². The summed E-state index contributed by atoms with van der Waals surface area (Å²) in [7, 11) is -5.14. The summed E-state index contributed by atoms with van der Waals surface area (Å²) < 4.78 is 0. The van der Waals surface area contributed by atoms with Gasteiger partial charge in [0, 0.05) is 0 Å². The third-order valence-electron chi connectivity index (χ3n) is 2.60. The van der Waals surface area contributed by atoms with Crippen molar-refractivity contribution in [2.45, 2.75) is 118 Å². The van der Waals surface area contributed by atoms with E-state index < -0.39 is 48.4 Å². The molecule has 0 aromatic rings. The molecule has 0 N–H and O–H groups in total. The topological polar surface area (TPSA) is 0 Å². The van der Waals surface area contributed by atoms with E-state index in [-0.39, 0.29) is 35.6 Å². The van der Waals surface area contributed by atoms with Gasteiger partial charge in [0.25, 0.3) is 0 Å². The van der Waals surface area contributed by atoms with Crippen LogP contribution >= 0.6 is 0 Å². The van der Waals surface area contributed by atoms with Crippen LogP contribution in [0.1, 0.15) is 0 Å². The summed E-state index contributed by atoms with van der Waals surface area (Å²) >= 11 is 0. The molecule has 0 amide bonds. The van der Waals surface area contributed by atoms with E-state index in [0.29, 0.717) is 0 Å². The fraction of sp³-hybridized carbons (Fsp3) is 0.857. The smallest absolute Gasteiger partial charge is 0.327 e. The molecular formula is C21H57LaSi6.